The van der Waals surface area contributed by atoms with Crippen LogP contribution in [0.5, 0.6) is 0 Å². The lowest BCUT2D eigenvalue weighted by molar-refractivity contribution is -0.117. The maximum Gasteiger partial charge on any atom is 0.327 e. The van der Waals surface area contributed by atoms with E-state index < -0.39 is 5.37 Å². The van der Waals surface area contributed by atoms with Gasteiger partial charge in [-0.2, -0.15) is 0 Å². The van der Waals surface area contributed by atoms with Crippen molar-refractivity contribution in [3.63, 3.8) is 0 Å². The van der Waals surface area contributed by atoms with Gasteiger partial charge in [-0.3, -0.25) is 9.59 Å². The standard InChI is InChI=1S/C10H9ClN2O2S/c1-5-9(14)13(10(11)15)7-4-6(12)2-3-8(7)16-5/h2-5H,12H2,1H3. The van der Waals surface area contributed by atoms with Gasteiger partial charge in [0, 0.05) is 10.6 Å². The van der Waals surface area contributed by atoms with Gasteiger partial charge in [-0.1, -0.05) is 0 Å². The number of carbonyl (C=O) groups is 2. The number of amides is 2. The first-order valence-corrected chi connectivity index (χ1v) is 5.86. The molecule has 1 aromatic carbocycles. The Bertz CT molecular complexity index is 478. The fourth-order valence-electron chi connectivity index (χ4n) is 1.53. The van der Waals surface area contributed by atoms with Crippen molar-refractivity contribution in [3.05, 3.63) is 18.2 Å². The van der Waals surface area contributed by atoms with Gasteiger partial charge in [-0.05, 0) is 36.7 Å². The number of carbonyl (C=O) groups excluding carboxylic acids is 2. The molecule has 6 heteroatoms. The Morgan fingerprint density at radius 3 is 2.88 bits per heavy atom. The van der Waals surface area contributed by atoms with E-state index in [4.69, 9.17) is 17.3 Å². The molecular formula is C10H9ClN2O2S. The van der Waals surface area contributed by atoms with Crippen LogP contribution in [0.2, 0.25) is 0 Å². The summed E-state index contributed by atoms with van der Waals surface area (Å²) >= 11 is 6.81. The van der Waals surface area contributed by atoms with E-state index in [9.17, 15) is 9.59 Å². The first-order valence-electron chi connectivity index (χ1n) is 4.60. The van der Waals surface area contributed by atoms with Gasteiger partial charge in [-0.15, -0.1) is 11.8 Å². The number of nitrogen functional groups attached to an aromatic ring is 1. The summed E-state index contributed by atoms with van der Waals surface area (Å²) < 4.78 is 0. The van der Waals surface area contributed by atoms with Gasteiger partial charge in [0.2, 0.25) is 5.91 Å². The summed E-state index contributed by atoms with van der Waals surface area (Å²) in [6.45, 7) is 1.74. The van der Waals surface area contributed by atoms with Crippen LogP contribution in [0.1, 0.15) is 6.92 Å². The monoisotopic (exact) mass is 256 g/mol. The normalized spacial score (nSPS) is 19.5. The van der Waals surface area contributed by atoms with Crippen LogP contribution in [0.3, 0.4) is 0 Å². The summed E-state index contributed by atoms with van der Waals surface area (Å²) in [5.41, 5.74) is 6.58. The minimum atomic E-state index is -0.802. The Hall–Kier alpha value is -1.20. The van der Waals surface area contributed by atoms with E-state index in [1.165, 1.54) is 11.8 Å². The Kier molecular flexibility index (Phi) is 2.82. The highest BCUT2D eigenvalue weighted by atomic mass is 35.5. The van der Waals surface area contributed by atoms with Crippen LogP contribution >= 0.6 is 23.4 Å². The van der Waals surface area contributed by atoms with E-state index in [0.29, 0.717) is 11.4 Å². The van der Waals surface area contributed by atoms with Crippen LogP contribution < -0.4 is 10.6 Å². The van der Waals surface area contributed by atoms with Gasteiger partial charge < -0.3 is 5.73 Å². The molecule has 2 N–H and O–H groups in total. The molecule has 0 bridgehead atoms. The van der Waals surface area contributed by atoms with Crippen LogP contribution in [0.4, 0.5) is 16.2 Å². The Labute approximate surface area is 102 Å². The summed E-state index contributed by atoms with van der Waals surface area (Å²) in [5, 5.41) is -1.12. The number of imide groups is 1. The Balaban J connectivity index is 2.58. The van der Waals surface area contributed by atoms with Crippen molar-refractivity contribution in [2.75, 3.05) is 10.6 Å². The molecule has 4 nitrogen and oxygen atoms in total. The van der Waals surface area contributed by atoms with Crippen LogP contribution in [-0.4, -0.2) is 16.5 Å². The smallest absolute Gasteiger partial charge is 0.327 e. The SMILES string of the molecule is CC1Sc2ccc(N)cc2N(C(=O)Cl)C1=O. The molecule has 1 aromatic rings. The van der Waals surface area contributed by atoms with Gasteiger partial charge in [0.25, 0.3) is 0 Å². The number of benzene rings is 1. The van der Waals surface area contributed by atoms with Gasteiger partial charge in [0.1, 0.15) is 0 Å². The summed E-state index contributed by atoms with van der Waals surface area (Å²) in [6.07, 6.45) is 0. The second kappa shape index (κ2) is 3.99. The molecule has 1 unspecified atom stereocenters. The molecule has 0 saturated heterocycles. The molecule has 2 amide bonds. The number of rotatable bonds is 0. The maximum atomic E-state index is 11.8. The number of thioether (sulfide) groups is 1. The lowest BCUT2D eigenvalue weighted by atomic mass is 10.2. The van der Waals surface area contributed by atoms with Crippen molar-refractivity contribution >= 4 is 46.0 Å². The number of nitrogens with zero attached hydrogens (tertiary/aromatic N) is 1. The average Bonchev–Trinajstić information content (AvgIpc) is 2.20. The molecule has 84 valence electrons. The van der Waals surface area contributed by atoms with E-state index in [1.54, 1.807) is 25.1 Å². The average molecular weight is 257 g/mol. The van der Waals surface area contributed by atoms with Gasteiger partial charge in [0.15, 0.2) is 0 Å². The minimum absolute atomic E-state index is 0.317. The quantitative estimate of drug-likeness (QED) is 0.440. The highest BCUT2D eigenvalue weighted by Crippen LogP contribution is 2.40. The number of fused-ring (bicyclic) bond motifs is 1. The van der Waals surface area contributed by atoms with Crippen molar-refractivity contribution < 1.29 is 9.59 Å². The molecular weight excluding hydrogens is 248 g/mol. The van der Waals surface area contributed by atoms with E-state index in [1.807, 2.05) is 0 Å². The zero-order chi connectivity index (χ0) is 11.9. The van der Waals surface area contributed by atoms with Crippen molar-refractivity contribution in [2.45, 2.75) is 17.1 Å². The van der Waals surface area contributed by atoms with E-state index in [0.717, 1.165) is 9.80 Å². The van der Waals surface area contributed by atoms with E-state index in [-0.39, 0.29) is 11.2 Å². The number of nitrogens with two attached hydrogens (primary N) is 1. The Morgan fingerprint density at radius 2 is 2.25 bits per heavy atom. The predicted molar refractivity (Wildman–Crippen MR) is 64.9 cm³/mol. The van der Waals surface area contributed by atoms with Crippen LogP contribution in [0.25, 0.3) is 0 Å². The number of hydrogen-bond donors (Lipinski definition) is 1. The van der Waals surface area contributed by atoms with E-state index in [2.05, 4.69) is 0 Å². The second-order valence-corrected chi connectivity index (χ2v) is 5.12. The highest BCUT2D eigenvalue weighted by Gasteiger charge is 2.34. The fraction of sp³-hybridized carbons (Fsp3) is 0.200. The minimum Gasteiger partial charge on any atom is -0.399 e. The maximum absolute atomic E-state index is 11.8. The molecule has 0 saturated carbocycles. The number of anilines is 2. The molecule has 0 aromatic heterocycles. The van der Waals surface area contributed by atoms with Crippen molar-refractivity contribution in [1.82, 2.24) is 0 Å². The van der Waals surface area contributed by atoms with Crippen LogP contribution in [-0.2, 0) is 4.79 Å². The molecule has 0 fully saturated rings. The lowest BCUT2D eigenvalue weighted by Crippen LogP contribution is -2.41. The molecule has 1 aliphatic rings. The summed E-state index contributed by atoms with van der Waals surface area (Å²) in [6, 6.07) is 5.09. The lowest BCUT2D eigenvalue weighted by Gasteiger charge is -2.29. The van der Waals surface area contributed by atoms with Crippen LogP contribution in [0.15, 0.2) is 23.1 Å². The van der Waals surface area contributed by atoms with Gasteiger partial charge >= 0.3 is 5.37 Å². The third-order valence-electron chi connectivity index (χ3n) is 2.27. The van der Waals surface area contributed by atoms with Gasteiger partial charge in [0.05, 0.1) is 10.9 Å². The summed E-state index contributed by atoms with van der Waals surface area (Å²) in [7, 11) is 0. The number of hydrogen-bond acceptors (Lipinski definition) is 4. The largest absolute Gasteiger partial charge is 0.399 e. The number of halogens is 1. The molecule has 1 aliphatic heterocycles. The topological polar surface area (TPSA) is 63.4 Å². The van der Waals surface area contributed by atoms with Crippen molar-refractivity contribution in [3.8, 4) is 0 Å². The second-order valence-electron chi connectivity index (χ2n) is 3.41. The molecule has 2 rings (SSSR count). The molecule has 0 spiro atoms. The molecule has 0 radical (unpaired) electrons. The van der Waals surface area contributed by atoms with E-state index >= 15 is 0 Å². The first kappa shape index (κ1) is 11.3. The summed E-state index contributed by atoms with van der Waals surface area (Å²) in [4.78, 5) is 24.8. The molecule has 16 heavy (non-hydrogen) atoms. The zero-order valence-electron chi connectivity index (χ0n) is 8.44. The van der Waals surface area contributed by atoms with Crippen molar-refractivity contribution in [2.24, 2.45) is 0 Å². The molecule has 1 atom stereocenters. The third-order valence-corrected chi connectivity index (χ3v) is 3.59. The summed E-state index contributed by atoms with van der Waals surface area (Å²) in [5.74, 6) is -0.317. The highest BCUT2D eigenvalue weighted by molar-refractivity contribution is 8.01. The van der Waals surface area contributed by atoms with Crippen molar-refractivity contribution in [1.29, 1.82) is 0 Å². The van der Waals surface area contributed by atoms with Gasteiger partial charge in [-0.25, -0.2) is 4.90 Å². The van der Waals surface area contributed by atoms with Crippen LogP contribution in [0, 0.1) is 0 Å². The third kappa shape index (κ3) is 1.76. The Morgan fingerprint density at radius 1 is 1.56 bits per heavy atom. The molecule has 1 heterocycles. The first-order chi connectivity index (χ1) is 7.50. The zero-order valence-corrected chi connectivity index (χ0v) is 10.0. The molecule has 0 aliphatic carbocycles. The predicted octanol–water partition coefficient (Wildman–Crippen LogP) is 2.45. The fourth-order valence-corrected chi connectivity index (χ4v) is 2.71.